The number of aromatic nitrogens is 1. The molecule has 0 aliphatic carbocycles. The first-order valence-electron chi connectivity index (χ1n) is 30.0. The first-order chi connectivity index (χ1) is 37.5. The molecule has 0 unspecified atom stereocenters. The van der Waals surface area contributed by atoms with Gasteiger partial charge in [-0.15, -0.1) is 11.3 Å². The van der Waals surface area contributed by atoms with Gasteiger partial charge in [0.1, 0.15) is 0 Å². The predicted molar refractivity (Wildman–Crippen MR) is 262 cm³/mol. The topological polar surface area (TPSA) is 35.2 Å². The molecule has 0 bridgehead atoms. The van der Waals surface area contributed by atoms with E-state index >= 15 is 0 Å². The monoisotopic (exact) mass is 826 g/mol. The summed E-state index contributed by atoms with van der Waals surface area (Å²) in [5.74, 6) is 0. The molecule has 0 amide bonds. The van der Waals surface area contributed by atoms with Crippen LogP contribution in [0.3, 0.4) is 0 Å². The molecule has 2 aromatic heterocycles. The average Bonchev–Trinajstić information content (AvgIpc) is 4.10. The number of rotatable bonds is 1. The fraction of sp³-hybridized carbons (Fsp3) is 0.218. The fourth-order valence-electron chi connectivity index (χ4n) is 8.78. The molecule has 6 heteroatoms. The van der Waals surface area contributed by atoms with Crippen LogP contribution in [0, 0.1) is 11.3 Å². The minimum absolute atomic E-state index is 0.0175. The number of hydrogen-bond acceptors (Lipinski definition) is 4. The number of anilines is 6. The Morgan fingerprint density at radius 3 is 1.98 bits per heavy atom. The largest absolute Gasteiger partial charge is 0.311 e. The lowest BCUT2D eigenvalue weighted by Crippen LogP contribution is -2.62. The Labute approximate surface area is 390 Å². The van der Waals surface area contributed by atoms with Gasteiger partial charge < -0.3 is 14.4 Å². The van der Waals surface area contributed by atoms with Crippen molar-refractivity contribution in [2.45, 2.75) is 78.6 Å². The molecule has 0 spiro atoms. The first kappa shape index (κ1) is 21.5. The van der Waals surface area contributed by atoms with Crippen molar-refractivity contribution in [3.8, 4) is 11.8 Å². The lowest BCUT2D eigenvalue weighted by atomic mass is 9.33. The van der Waals surface area contributed by atoms with Gasteiger partial charge in [0.25, 0.3) is 6.71 Å². The van der Waals surface area contributed by atoms with Gasteiger partial charge in [-0.05, 0) is 116 Å². The van der Waals surface area contributed by atoms with Crippen molar-refractivity contribution in [3.63, 3.8) is 0 Å². The summed E-state index contributed by atoms with van der Waals surface area (Å²) in [5.41, 5.74) is -6.07. The summed E-state index contributed by atoms with van der Waals surface area (Å²) in [5, 5.41) is 11.1. The predicted octanol–water partition coefficient (Wildman–Crippen LogP) is 13.3. The van der Waals surface area contributed by atoms with E-state index in [0.29, 0.717) is 0 Å². The summed E-state index contributed by atoms with van der Waals surface area (Å²) >= 11 is 0.750. The Morgan fingerprint density at radius 1 is 0.541 bits per heavy atom. The van der Waals surface area contributed by atoms with E-state index < -0.39 is 142 Å². The Hall–Kier alpha value is -6.29. The molecule has 9 aromatic rings. The lowest BCUT2D eigenvalue weighted by Gasteiger charge is -2.46. The maximum atomic E-state index is 11.3. The van der Waals surface area contributed by atoms with Gasteiger partial charge in [-0.3, -0.25) is 0 Å². The molecule has 5 heterocycles. The van der Waals surface area contributed by atoms with Gasteiger partial charge in [0.05, 0.1) is 67.1 Å². The molecule has 4 nitrogen and oxygen atoms in total. The molecule has 12 rings (SSSR count). The van der Waals surface area contributed by atoms with Crippen LogP contribution in [0.25, 0.3) is 47.7 Å². The summed E-state index contributed by atoms with van der Waals surface area (Å²) in [6, 6.07) is -8.42. The SMILES string of the molecule is [2H]c1c([2H])c2c3c(c1[2H])-n1c4c([2H])c([2H])c(C(C)(C)C)c([2H])c4c4c([2H])c(C(C)(C)C)c([2H])c(c41)N3c1c([2H])c(C#N)c([2H])c3c1B2c1c([2H])c(C(C)(C)C)c([2H])c([2H])c1N3c1c([2H])c([2H])c2c(sc3c([2H])c([2H])c([2H])c([2H])c32)c1[2H]. The molecule has 3 aliphatic rings. The van der Waals surface area contributed by atoms with Crippen LogP contribution in [0.5, 0.6) is 0 Å². The quantitative estimate of drug-likeness (QED) is 0.155. The number of hydrogen-bond donors (Lipinski definition) is 0. The zero-order chi connectivity index (χ0) is 59.5. The highest BCUT2D eigenvalue weighted by Crippen LogP contribution is 2.54. The number of fused-ring (bicyclic) bond motifs is 12. The van der Waals surface area contributed by atoms with Crippen LogP contribution in [0.15, 0.2) is 121 Å². The molecule has 3 aliphatic heterocycles. The van der Waals surface area contributed by atoms with Crippen molar-refractivity contribution in [1.29, 1.82) is 5.26 Å². The second-order valence-electron chi connectivity index (χ2n) is 18.9. The van der Waals surface area contributed by atoms with Crippen LogP contribution < -0.4 is 26.2 Å². The van der Waals surface area contributed by atoms with E-state index in [1.807, 2.05) is 6.07 Å². The second kappa shape index (κ2) is 12.0. The molecule has 7 aromatic carbocycles. The molecular formula is C55H47BN4S. The number of nitrogens with zero attached hydrogens (tertiary/aromatic N) is 4. The van der Waals surface area contributed by atoms with Crippen LogP contribution in [-0.2, 0) is 16.2 Å². The molecule has 0 saturated carbocycles. The molecule has 0 atom stereocenters. The van der Waals surface area contributed by atoms with E-state index in [9.17, 15) is 27.2 Å². The van der Waals surface area contributed by atoms with Gasteiger partial charge in [0.15, 0.2) is 0 Å². The van der Waals surface area contributed by atoms with Gasteiger partial charge in [0.2, 0.25) is 0 Å². The van der Waals surface area contributed by atoms with Crippen LogP contribution in [-0.4, -0.2) is 11.3 Å². The Bertz CT molecular complexity index is 4630. The maximum absolute atomic E-state index is 11.3. The molecule has 0 N–H and O–H groups in total. The van der Waals surface area contributed by atoms with Crippen LogP contribution >= 0.6 is 11.3 Å². The standard InChI is InChI=1S/C55H47BN4S/c1-53(2,3)32-17-21-42-38(25-32)39-26-34(55(7,8)9)28-47-51(39)59(42)44-15-12-14-40-52(44)60(47)46-24-31(30-57)23-45-50(46)56(40)41-27-33(54(4,5)6)18-22-43(41)58(45)35-19-20-37-36-13-10-11-16-48(36)61-49(37)29-35/h10-29H,1-9H3/i10D,11D,12D,13D,14D,15D,16D,17D,18D,19D,20D,21D,22D,23D,24D,25D,26D,27D,28D,29D. The summed E-state index contributed by atoms with van der Waals surface area (Å²) in [6.45, 7) is 14.2. The zero-order valence-electron chi connectivity index (χ0n) is 54.8. The summed E-state index contributed by atoms with van der Waals surface area (Å²) < 4.78 is 195. The van der Waals surface area contributed by atoms with Crippen molar-refractivity contribution in [2.75, 3.05) is 9.80 Å². The lowest BCUT2D eigenvalue weighted by molar-refractivity contribution is 0.590. The van der Waals surface area contributed by atoms with E-state index in [2.05, 4.69) is 0 Å². The highest BCUT2D eigenvalue weighted by molar-refractivity contribution is 7.25. The minimum Gasteiger partial charge on any atom is -0.311 e. The van der Waals surface area contributed by atoms with Gasteiger partial charge in [-0.25, -0.2) is 0 Å². The molecule has 61 heavy (non-hydrogen) atoms. The third-order valence-electron chi connectivity index (χ3n) is 11.8. The number of para-hydroxylation sites is 1. The highest BCUT2D eigenvalue weighted by Gasteiger charge is 2.47. The van der Waals surface area contributed by atoms with Crippen molar-refractivity contribution in [3.05, 3.63) is 143 Å². The Balaban J connectivity index is 1.39. The normalized spacial score (nSPS) is 18.8. The van der Waals surface area contributed by atoms with Crippen LogP contribution in [0.1, 0.15) is 112 Å². The summed E-state index contributed by atoms with van der Waals surface area (Å²) in [6.07, 6.45) is 0. The van der Waals surface area contributed by atoms with Crippen LogP contribution in [0.2, 0.25) is 0 Å². The fourth-order valence-corrected chi connectivity index (χ4v) is 9.75. The van der Waals surface area contributed by atoms with Gasteiger partial charge in [-0.1, -0.05) is 117 Å². The van der Waals surface area contributed by atoms with Crippen LogP contribution in [0.4, 0.5) is 34.1 Å². The average molecular weight is 827 g/mol. The Morgan fingerprint density at radius 2 is 1.23 bits per heavy atom. The van der Waals surface area contributed by atoms with E-state index in [-0.39, 0.29) is 122 Å². The highest BCUT2D eigenvalue weighted by atomic mass is 32.1. The molecule has 0 saturated heterocycles. The van der Waals surface area contributed by atoms with Gasteiger partial charge >= 0.3 is 0 Å². The van der Waals surface area contributed by atoms with Crippen molar-refractivity contribution in [1.82, 2.24) is 4.57 Å². The van der Waals surface area contributed by atoms with Crippen molar-refractivity contribution in [2.24, 2.45) is 0 Å². The smallest absolute Gasteiger partial charge is 0.252 e. The van der Waals surface area contributed by atoms with E-state index in [0.717, 1.165) is 16.2 Å². The van der Waals surface area contributed by atoms with E-state index in [1.165, 1.54) is 9.47 Å². The maximum Gasteiger partial charge on any atom is 0.252 e. The summed E-state index contributed by atoms with van der Waals surface area (Å²) in [7, 11) is 0. The van der Waals surface area contributed by atoms with Crippen molar-refractivity contribution < 1.29 is 27.4 Å². The van der Waals surface area contributed by atoms with Crippen molar-refractivity contribution >= 4 is 111 Å². The molecule has 0 fully saturated rings. The third-order valence-corrected chi connectivity index (χ3v) is 12.8. The van der Waals surface area contributed by atoms with E-state index in [1.54, 1.807) is 62.3 Å². The number of thiophene rings is 1. The minimum atomic E-state index is -1.63. The first-order valence-corrected chi connectivity index (χ1v) is 20.8. The third kappa shape index (κ3) is 4.99. The van der Waals surface area contributed by atoms with Gasteiger partial charge in [0, 0.05) is 53.7 Å². The zero-order valence-corrected chi connectivity index (χ0v) is 35.6. The number of nitriles is 1. The summed E-state index contributed by atoms with van der Waals surface area (Å²) in [4.78, 5) is 2.47. The number of benzene rings is 7. The van der Waals surface area contributed by atoms with E-state index in [4.69, 9.17) is 5.48 Å². The molecule has 0 radical (unpaired) electrons. The van der Waals surface area contributed by atoms with Gasteiger partial charge in [-0.2, -0.15) is 5.26 Å². The molecule has 296 valence electrons. The Kier molecular flexibility index (Phi) is 4.21. The molecular weight excluding hydrogens is 760 g/mol. The second-order valence-corrected chi connectivity index (χ2v) is 20.0.